The highest BCUT2D eigenvalue weighted by atomic mass is 127. The first-order valence-electron chi connectivity index (χ1n) is 12.4. The van der Waals surface area contributed by atoms with Crippen LogP contribution in [0.2, 0.25) is 0 Å². The van der Waals surface area contributed by atoms with Gasteiger partial charge in [-0.05, 0) is 56.2 Å². The SMILES string of the molecule is CN=C(NCCCN1C(=O)C2C3C=CC(C3)C2C1=O)NCC(c1ccccc1)N1CCCC1.I. The summed E-state index contributed by atoms with van der Waals surface area (Å²) in [5.41, 5.74) is 1.32. The van der Waals surface area contributed by atoms with E-state index in [1.807, 2.05) is 0 Å². The summed E-state index contributed by atoms with van der Waals surface area (Å²) in [5.74, 6) is 1.19. The lowest BCUT2D eigenvalue weighted by Crippen LogP contribution is -2.43. The number of carbonyl (C=O) groups is 2. The van der Waals surface area contributed by atoms with Crippen molar-refractivity contribution in [2.24, 2.45) is 28.7 Å². The maximum atomic E-state index is 12.8. The molecule has 3 fully saturated rings. The second kappa shape index (κ2) is 11.2. The Morgan fingerprint density at radius 2 is 1.68 bits per heavy atom. The van der Waals surface area contributed by atoms with E-state index < -0.39 is 0 Å². The molecule has 1 saturated carbocycles. The Kier molecular flexibility index (Phi) is 8.29. The minimum Gasteiger partial charge on any atom is -0.356 e. The Balaban J connectivity index is 0.00000274. The van der Waals surface area contributed by atoms with Gasteiger partial charge in [-0.15, -0.1) is 24.0 Å². The molecule has 7 nitrogen and oxygen atoms in total. The maximum Gasteiger partial charge on any atom is 0.233 e. The molecule has 0 radical (unpaired) electrons. The van der Waals surface area contributed by atoms with Gasteiger partial charge in [0.1, 0.15) is 0 Å². The number of likely N-dealkylation sites (tertiary alicyclic amines) is 2. The molecule has 2 aliphatic carbocycles. The van der Waals surface area contributed by atoms with Crippen LogP contribution in [-0.4, -0.2) is 67.3 Å². The van der Waals surface area contributed by atoms with Crippen LogP contribution in [0.5, 0.6) is 0 Å². The van der Waals surface area contributed by atoms with Gasteiger partial charge in [0.25, 0.3) is 0 Å². The topological polar surface area (TPSA) is 77.0 Å². The molecule has 2 heterocycles. The van der Waals surface area contributed by atoms with Crippen LogP contribution in [0.15, 0.2) is 47.5 Å². The number of carbonyl (C=O) groups excluding carboxylic acids is 2. The first kappa shape index (κ1) is 25.2. The summed E-state index contributed by atoms with van der Waals surface area (Å²) in [5, 5.41) is 6.84. The van der Waals surface area contributed by atoms with Crippen molar-refractivity contribution in [3.05, 3.63) is 48.0 Å². The van der Waals surface area contributed by atoms with Crippen molar-refractivity contribution in [2.75, 3.05) is 39.8 Å². The number of rotatable bonds is 8. The summed E-state index contributed by atoms with van der Waals surface area (Å²) >= 11 is 0. The zero-order valence-corrected chi connectivity index (χ0v) is 22.2. The van der Waals surface area contributed by atoms with Crippen molar-refractivity contribution in [3.8, 4) is 0 Å². The van der Waals surface area contributed by atoms with Gasteiger partial charge in [-0.1, -0.05) is 42.5 Å². The van der Waals surface area contributed by atoms with Gasteiger partial charge in [-0.2, -0.15) is 0 Å². The van der Waals surface area contributed by atoms with E-state index in [4.69, 9.17) is 0 Å². The van der Waals surface area contributed by atoms with Crippen molar-refractivity contribution >= 4 is 41.8 Å². The number of benzene rings is 1. The van der Waals surface area contributed by atoms with Crippen LogP contribution in [0.3, 0.4) is 0 Å². The third-order valence-corrected chi connectivity index (χ3v) is 7.86. The lowest BCUT2D eigenvalue weighted by atomic mass is 9.85. The van der Waals surface area contributed by atoms with E-state index in [9.17, 15) is 9.59 Å². The normalized spacial score (nSPS) is 28.9. The van der Waals surface area contributed by atoms with E-state index in [1.165, 1.54) is 23.3 Å². The van der Waals surface area contributed by atoms with E-state index >= 15 is 0 Å². The average Bonchev–Trinajstić information content (AvgIpc) is 3.63. The van der Waals surface area contributed by atoms with E-state index in [2.05, 4.69) is 63.0 Å². The number of nitrogens with one attached hydrogen (secondary N) is 2. The molecule has 5 rings (SSSR count). The van der Waals surface area contributed by atoms with Crippen LogP contribution < -0.4 is 10.6 Å². The summed E-state index contributed by atoms with van der Waals surface area (Å²) in [7, 11) is 1.78. The summed E-state index contributed by atoms with van der Waals surface area (Å²) < 4.78 is 0. The van der Waals surface area contributed by atoms with Crippen LogP contribution in [0.25, 0.3) is 0 Å². The number of aliphatic imine (C=N–C) groups is 1. The highest BCUT2D eigenvalue weighted by molar-refractivity contribution is 14.0. The number of fused-ring (bicyclic) bond motifs is 5. The summed E-state index contributed by atoms with van der Waals surface area (Å²) in [6.07, 6.45) is 8.48. The first-order chi connectivity index (χ1) is 16.2. The molecule has 0 aromatic heterocycles. The summed E-state index contributed by atoms with van der Waals surface area (Å²) in [6, 6.07) is 11.0. The molecule has 1 aromatic carbocycles. The highest BCUT2D eigenvalue weighted by Crippen LogP contribution is 2.52. The zero-order valence-electron chi connectivity index (χ0n) is 19.9. The highest BCUT2D eigenvalue weighted by Gasteiger charge is 2.58. The minimum atomic E-state index is -0.101. The van der Waals surface area contributed by atoms with Gasteiger partial charge in [0, 0.05) is 26.7 Å². The van der Waals surface area contributed by atoms with Crippen molar-refractivity contribution in [3.63, 3.8) is 0 Å². The lowest BCUT2D eigenvalue weighted by molar-refractivity contribution is -0.140. The molecule has 4 aliphatic rings. The summed E-state index contributed by atoms with van der Waals surface area (Å²) in [4.78, 5) is 34.1. The standard InChI is InChI=1S/C26H35N5O2.HI/c1-27-26(29-17-21(30-13-5-6-14-30)18-8-3-2-4-9-18)28-12-7-15-31-24(32)22-19-10-11-20(16-19)23(22)25(31)33;/h2-4,8-11,19-23H,5-7,12-17H2,1H3,(H2,27,28,29);1H. The lowest BCUT2D eigenvalue weighted by Gasteiger charge is -2.29. The van der Waals surface area contributed by atoms with Crippen molar-refractivity contribution in [2.45, 2.75) is 31.7 Å². The molecule has 184 valence electrons. The fraction of sp³-hybridized carbons (Fsp3) is 0.577. The Bertz CT molecular complexity index is 900. The van der Waals surface area contributed by atoms with E-state index in [-0.39, 0.29) is 59.5 Å². The number of amides is 2. The Morgan fingerprint density at radius 1 is 1.03 bits per heavy atom. The summed E-state index contributed by atoms with van der Waals surface area (Å²) in [6.45, 7) is 4.19. The molecule has 2 amide bonds. The molecule has 2 bridgehead atoms. The second-order valence-corrected chi connectivity index (χ2v) is 9.73. The van der Waals surface area contributed by atoms with Crippen LogP contribution in [0, 0.1) is 23.7 Å². The number of halogens is 1. The third kappa shape index (κ3) is 4.89. The van der Waals surface area contributed by atoms with Crippen LogP contribution in [-0.2, 0) is 9.59 Å². The molecule has 5 atom stereocenters. The van der Waals surface area contributed by atoms with E-state index in [0.29, 0.717) is 25.6 Å². The van der Waals surface area contributed by atoms with Gasteiger partial charge in [0.15, 0.2) is 5.96 Å². The molecular weight excluding hydrogens is 541 g/mol. The smallest absolute Gasteiger partial charge is 0.233 e. The van der Waals surface area contributed by atoms with Crippen LogP contribution in [0.1, 0.15) is 37.3 Å². The fourth-order valence-electron chi connectivity index (χ4n) is 6.23. The molecule has 2 N–H and O–H groups in total. The molecular formula is C26H36IN5O2. The monoisotopic (exact) mass is 577 g/mol. The fourth-order valence-corrected chi connectivity index (χ4v) is 6.23. The maximum absolute atomic E-state index is 12.8. The Hall–Kier alpha value is -1.94. The zero-order chi connectivity index (χ0) is 22.8. The van der Waals surface area contributed by atoms with Gasteiger partial charge < -0.3 is 10.6 Å². The number of imide groups is 1. The Morgan fingerprint density at radius 3 is 2.29 bits per heavy atom. The molecule has 2 saturated heterocycles. The molecule has 0 spiro atoms. The number of hydrogen-bond donors (Lipinski definition) is 2. The quantitative estimate of drug-likeness (QED) is 0.124. The van der Waals surface area contributed by atoms with E-state index in [1.54, 1.807) is 7.05 Å². The van der Waals surface area contributed by atoms with Gasteiger partial charge in [-0.25, -0.2) is 0 Å². The number of hydrogen-bond acceptors (Lipinski definition) is 4. The van der Waals surface area contributed by atoms with Crippen molar-refractivity contribution in [1.82, 2.24) is 20.4 Å². The first-order valence-corrected chi connectivity index (χ1v) is 12.4. The van der Waals surface area contributed by atoms with Gasteiger partial charge in [0.05, 0.1) is 17.9 Å². The largest absolute Gasteiger partial charge is 0.356 e. The number of allylic oxidation sites excluding steroid dienone is 2. The van der Waals surface area contributed by atoms with Gasteiger partial charge >= 0.3 is 0 Å². The van der Waals surface area contributed by atoms with Gasteiger partial charge in [-0.3, -0.25) is 24.4 Å². The van der Waals surface area contributed by atoms with Crippen molar-refractivity contribution < 1.29 is 9.59 Å². The number of nitrogens with zero attached hydrogens (tertiary/aromatic N) is 3. The molecule has 5 unspecified atom stereocenters. The average molecular weight is 578 g/mol. The number of guanidine groups is 1. The molecule has 34 heavy (non-hydrogen) atoms. The molecule has 8 heteroatoms. The van der Waals surface area contributed by atoms with E-state index in [0.717, 1.165) is 32.0 Å². The Labute approximate surface area is 219 Å². The van der Waals surface area contributed by atoms with Gasteiger partial charge in [0.2, 0.25) is 11.8 Å². The predicted octanol–water partition coefficient (Wildman–Crippen LogP) is 2.80. The van der Waals surface area contributed by atoms with Crippen LogP contribution >= 0.6 is 24.0 Å². The predicted molar refractivity (Wildman–Crippen MR) is 144 cm³/mol. The second-order valence-electron chi connectivity index (χ2n) is 9.73. The molecule has 1 aromatic rings. The van der Waals surface area contributed by atoms with Crippen LogP contribution in [0.4, 0.5) is 0 Å². The molecule has 2 aliphatic heterocycles. The minimum absolute atomic E-state index is 0. The third-order valence-electron chi connectivity index (χ3n) is 7.86. The van der Waals surface area contributed by atoms with Crippen molar-refractivity contribution in [1.29, 1.82) is 0 Å².